The molecule has 0 saturated carbocycles. The molecular formula is C38H33BO. The van der Waals surface area contributed by atoms with Crippen molar-refractivity contribution in [2.75, 3.05) is 6.61 Å². The number of benzene rings is 5. The highest BCUT2D eigenvalue weighted by molar-refractivity contribution is 6.87. The molecular weight excluding hydrogens is 483 g/mol. The maximum absolute atomic E-state index is 6.76. The lowest BCUT2D eigenvalue weighted by Crippen LogP contribution is -2.36. The highest BCUT2D eigenvalue weighted by atomic mass is 16.4. The van der Waals surface area contributed by atoms with Crippen molar-refractivity contribution in [1.29, 1.82) is 0 Å². The molecule has 0 spiro atoms. The largest absolute Gasteiger partial charge is 0.423 e. The van der Waals surface area contributed by atoms with Gasteiger partial charge in [0.15, 0.2) is 0 Å². The molecule has 0 fully saturated rings. The van der Waals surface area contributed by atoms with E-state index in [4.69, 9.17) is 4.65 Å². The first-order valence-corrected chi connectivity index (χ1v) is 13.7. The zero-order valence-corrected chi connectivity index (χ0v) is 22.9. The number of rotatable bonds is 10. The summed E-state index contributed by atoms with van der Waals surface area (Å²) >= 11 is 0. The van der Waals surface area contributed by atoms with Crippen LogP contribution in [0.2, 0.25) is 0 Å². The third-order valence-corrected chi connectivity index (χ3v) is 6.74. The van der Waals surface area contributed by atoms with Gasteiger partial charge in [-0.2, -0.15) is 0 Å². The Hall–Kier alpha value is -4.66. The van der Waals surface area contributed by atoms with Crippen LogP contribution in [0.5, 0.6) is 0 Å². The van der Waals surface area contributed by atoms with E-state index < -0.39 is 0 Å². The Bertz CT molecular complexity index is 1570. The zero-order chi connectivity index (χ0) is 27.6. The summed E-state index contributed by atoms with van der Waals surface area (Å²) in [5.41, 5.74) is 10.0. The first kappa shape index (κ1) is 26.9. The van der Waals surface area contributed by atoms with Crippen LogP contribution in [0.25, 0.3) is 22.7 Å². The van der Waals surface area contributed by atoms with E-state index in [2.05, 4.69) is 158 Å². The van der Waals surface area contributed by atoms with Gasteiger partial charge in [-0.05, 0) is 57.3 Å². The minimum absolute atomic E-state index is 0.321. The fourth-order valence-corrected chi connectivity index (χ4v) is 4.94. The maximum Gasteiger partial charge on any atom is 0.363 e. The van der Waals surface area contributed by atoms with E-state index in [0.29, 0.717) is 6.61 Å². The van der Waals surface area contributed by atoms with Crippen molar-refractivity contribution in [2.24, 2.45) is 0 Å². The standard InChI is InChI=1S/C38H33BO/c1-30(2)29-40-39(35-26-16-7-17-27-35)38(34-24-14-6-15-25-34)37(33-22-12-5-13-23-33)36(32-20-10-4-11-21-32)28-31-18-8-3-9-19-31/h3-28H,1,29H2,2H3/b36-28+,38-37-. The molecule has 5 rings (SSSR count). The summed E-state index contributed by atoms with van der Waals surface area (Å²) in [6, 6.07) is 53.0. The number of hydrogen-bond donors (Lipinski definition) is 0. The molecule has 0 amide bonds. The van der Waals surface area contributed by atoms with Crippen LogP contribution in [0.1, 0.15) is 29.2 Å². The SMILES string of the molecule is C=C(C)COB(/C(=C(\C(=C\c1ccccc1)c1ccccc1)c1ccccc1)c1ccccc1)c1ccccc1. The molecule has 0 heterocycles. The van der Waals surface area contributed by atoms with Crippen molar-refractivity contribution in [2.45, 2.75) is 6.92 Å². The Labute approximate surface area is 238 Å². The van der Waals surface area contributed by atoms with E-state index in [1.165, 1.54) is 0 Å². The molecule has 40 heavy (non-hydrogen) atoms. The predicted molar refractivity (Wildman–Crippen MR) is 173 cm³/mol. The third-order valence-electron chi connectivity index (χ3n) is 6.74. The molecule has 0 radical (unpaired) electrons. The van der Waals surface area contributed by atoms with E-state index in [-0.39, 0.29) is 6.92 Å². The van der Waals surface area contributed by atoms with Gasteiger partial charge in [0.05, 0.1) is 6.61 Å². The van der Waals surface area contributed by atoms with Crippen molar-refractivity contribution < 1.29 is 4.65 Å². The molecule has 2 heteroatoms. The highest BCUT2D eigenvalue weighted by Crippen LogP contribution is 2.40. The molecule has 0 N–H and O–H groups in total. The lowest BCUT2D eigenvalue weighted by atomic mass is 9.50. The predicted octanol–water partition coefficient (Wildman–Crippen LogP) is 8.87. The van der Waals surface area contributed by atoms with Crippen LogP contribution < -0.4 is 5.46 Å². The Kier molecular flexibility index (Phi) is 9.04. The van der Waals surface area contributed by atoms with Gasteiger partial charge >= 0.3 is 6.92 Å². The van der Waals surface area contributed by atoms with Gasteiger partial charge in [-0.15, -0.1) is 0 Å². The Balaban J connectivity index is 1.91. The molecule has 0 bridgehead atoms. The van der Waals surface area contributed by atoms with Crippen molar-refractivity contribution in [3.63, 3.8) is 0 Å². The van der Waals surface area contributed by atoms with Gasteiger partial charge in [0.25, 0.3) is 0 Å². The van der Waals surface area contributed by atoms with Crippen molar-refractivity contribution in [1.82, 2.24) is 0 Å². The quantitative estimate of drug-likeness (QED) is 0.0780. The second-order valence-corrected chi connectivity index (χ2v) is 9.91. The van der Waals surface area contributed by atoms with Gasteiger partial charge in [0.2, 0.25) is 0 Å². The van der Waals surface area contributed by atoms with E-state index in [1.54, 1.807) is 0 Å². The van der Waals surface area contributed by atoms with Gasteiger partial charge in [0.1, 0.15) is 0 Å². The minimum Gasteiger partial charge on any atom is -0.423 e. The average Bonchev–Trinajstić information content (AvgIpc) is 3.02. The van der Waals surface area contributed by atoms with Gasteiger partial charge in [-0.3, -0.25) is 0 Å². The Morgan fingerprint density at radius 3 is 1.57 bits per heavy atom. The summed E-state index contributed by atoms with van der Waals surface area (Å²) in [5, 5.41) is 0. The first-order chi connectivity index (χ1) is 19.7. The van der Waals surface area contributed by atoms with Crippen molar-refractivity contribution in [3.05, 3.63) is 186 Å². The van der Waals surface area contributed by atoms with Crippen molar-refractivity contribution >= 4 is 35.1 Å². The second-order valence-electron chi connectivity index (χ2n) is 9.91. The molecule has 5 aromatic carbocycles. The van der Waals surface area contributed by atoms with Crippen LogP contribution in [-0.4, -0.2) is 13.5 Å². The normalized spacial score (nSPS) is 12.0. The van der Waals surface area contributed by atoms with E-state index in [1.807, 2.05) is 13.0 Å². The molecule has 0 aliphatic heterocycles. The van der Waals surface area contributed by atoms with Crippen LogP contribution in [0.15, 0.2) is 164 Å². The maximum atomic E-state index is 6.76. The summed E-state index contributed by atoms with van der Waals surface area (Å²) in [4.78, 5) is 0. The minimum atomic E-state index is -0.321. The van der Waals surface area contributed by atoms with Crippen LogP contribution in [0.3, 0.4) is 0 Å². The van der Waals surface area contributed by atoms with E-state index >= 15 is 0 Å². The summed E-state index contributed by atoms with van der Waals surface area (Å²) in [6.07, 6.45) is 2.29. The van der Waals surface area contributed by atoms with Crippen LogP contribution in [0, 0.1) is 0 Å². The highest BCUT2D eigenvalue weighted by Gasteiger charge is 2.30. The molecule has 0 aliphatic carbocycles. The van der Waals surface area contributed by atoms with Gasteiger partial charge < -0.3 is 4.65 Å². The molecule has 0 aliphatic rings. The fraction of sp³-hybridized carbons (Fsp3) is 0.0526. The summed E-state index contributed by atoms with van der Waals surface area (Å²) < 4.78 is 6.76. The van der Waals surface area contributed by atoms with Crippen LogP contribution in [0.4, 0.5) is 0 Å². The molecule has 0 saturated heterocycles. The van der Waals surface area contributed by atoms with Crippen molar-refractivity contribution in [3.8, 4) is 0 Å². The smallest absolute Gasteiger partial charge is 0.363 e. The van der Waals surface area contributed by atoms with Gasteiger partial charge in [-0.1, -0.05) is 164 Å². The number of allylic oxidation sites excluding steroid dienone is 2. The second kappa shape index (κ2) is 13.4. The number of hydrogen-bond acceptors (Lipinski definition) is 1. The molecule has 0 aromatic heterocycles. The molecule has 1 nitrogen and oxygen atoms in total. The molecule has 0 unspecified atom stereocenters. The molecule has 0 atom stereocenters. The first-order valence-electron chi connectivity index (χ1n) is 13.7. The molecule has 5 aromatic rings. The summed E-state index contributed by atoms with van der Waals surface area (Å²) in [7, 11) is 0. The van der Waals surface area contributed by atoms with Gasteiger partial charge in [-0.25, -0.2) is 0 Å². The Morgan fingerprint density at radius 1 is 0.600 bits per heavy atom. The van der Waals surface area contributed by atoms with Crippen LogP contribution >= 0.6 is 0 Å². The summed E-state index contributed by atoms with van der Waals surface area (Å²) in [5.74, 6) is 0. The summed E-state index contributed by atoms with van der Waals surface area (Å²) in [6.45, 7) is 6.29. The third kappa shape index (κ3) is 6.67. The molecule has 194 valence electrons. The lowest BCUT2D eigenvalue weighted by Gasteiger charge is -2.25. The Morgan fingerprint density at radius 2 is 1.05 bits per heavy atom. The topological polar surface area (TPSA) is 9.23 Å². The van der Waals surface area contributed by atoms with Crippen LogP contribution in [-0.2, 0) is 4.65 Å². The fourth-order valence-electron chi connectivity index (χ4n) is 4.94. The lowest BCUT2D eigenvalue weighted by molar-refractivity contribution is 0.372. The van der Waals surface area contributed by atoms with Gasteiger partial charge in [0, 0.05) is 0 Å². The average molecular weight is 516 g/mol. The monoisotopic (exact) mass is 516 g/mol. The van der Waals surface area contributed by atoms with E-state index in [0.717, 1.165) is 49.9 Å². The zero-order valence-electron chi connectivity index (χ0n) is 22.9. The van der Waals surface area contributed by atoms with E-state index in [9.17, 15) is 0 Å².